The average Bonchev–Trinajstić information content (AvgIpc) is 2.80. The molecule has 4 rings (SSSR count). The van der Waals surface area contributed by atoms with Crippen molar-refractivity contribution < 1.29 is 4.74 Å². The molecular weight excluding hydrogens is 368 g/mol. The zero-order chi connectivity index (χ0) is 20.9. The van der Waals surface area contributed by atoms with Gasteiger partial charge in [-0.25, -0.2) is 0 Å². The fourth-order valence-electron chi connectivity index (χ4n) is 3.44. The number of anilines is 2. The molecule has 4 aromatic rings. The summed E-state index contributed by atoms with van der Waals surface area (Å²) in [6, 6.07) is 31.0. The van der Waals surface area contributed by atoms with E-state index in [1.165, 1.54) is 22.3 Å². The summed E-state index contributed by atoms with van der Waals surface area (Å²) in [6.07, 6.45) is 1.06. The predicted octanol–water partition coefficient (Wildman–Crippen LogP) is 6.33. The number of nitrogen functional groups attached to an aromatic ring is 2. The van der Waals surface area contributed by atoms with Crippen molar-refractivity contribution in [2.24, 2.45) is 0 Å². The highest BCUT2D eigenvalue weighted by Gasteiger charge is 2.04. The van der Waals surface area contributed by atoms with Gasteiger partial charge in [-0.15, -0.1) is 0 Å². The van der Waals surface area contributed by atoms with Gasteiger partial charge in [-0.1, -0.05) is 67.6 Å². The summed E-state index contributed by atoms with van der Waals surface area (Å²) in [5, 5.41) is 0. The lowest BCUT2D eigenvalue weighted by Gasteiger charge is -2.10. The first-order chi connectivity index (χ1) is 14.6. The monoisotopic (exact) mass is 394 g/mol. The highest BCUT2D eigenvalue weighted by Crippen LogP contribution is 2.27. The molecule has 0 bridgehead atoms. The van der Waals surface area contributed by atoms with Crippen molar-refractivity contribution in [3.8, 4) is 28.0 Å². The molecule has 0 amide bonds. The minimum atomic E-state index is 0.391. The van der Waals surface area contributed by atoms with Crippen LogP contribution in [-0.2, 0) is 13.0 Å². The van der Waals surface area contributed by atoms with Crippen LogP contribution in [0.3, 0.4) is 0 Å². The molecule has 0 aromatic heterocycles. The molecule has 0 aliphatic rings. The summed E-state index contributed by atoms with van der Waals surface area (Å²) in [5.41, 5.74) is 20.2. The van der Waals surface area contributed by atoms with E-state index < -0.39 is 0 Å². The maximum atomic E-state index is 5.99. The van der Waals surface area contributed by atoms with Crippen LogP contribution in [0.15, 0.2) is 91.0 Å². The van der Waals surface area contributed by atoms with E-state index in [-0.39, 0.29) is 0 Å². The van der Waals surface area contributed by atoms with Gasteiger partial charge in [0.2, 0.25) is 0 Å². The van der Waals surface area contributed by atoms with E-state index in [9.17, 15) is 0 Å². The van der Waals surface area contributed by atoms with E-state index >= 15 is 0 Å². The smallest absolute Gasteiger partial charge is 0.119 e. The summed E-state index contributed by atoms with van der Waals surface area (Å²) in [7, 11) is 0. The number of ether oxygens (including phenoxy) is 1. The van der Waals surface area contributed by atoms with Gasteiger partial charge < -0.3 is 16.2 Å². The molecule has 0 aliphatic heterocycles. The maximum absolute atomic E-state index is 5.99. The Labute approximate surface area is 177 Å². The number of benzene rings is 4. The Morgan fingerprint density at radius 1 is 0.633 bits per heavy atom. The van der Waals surface area contributed by atoms with Crippen LogP contribution in [0.25, 0.3) is 22.3 Å². The van der Waals surface area contributed by atoms with Crippen molar-refractivity contribution >= 4 is 11.4 Å². The van der Waals surface area contributed by atoms with Crippen LogP contribution < -0.4 is 16.2 Å². The fourth-order valence-corrected chi connectivity index (χ4v) is 3.44. The largest absolute Gasteiger partial charge is 0.489 e. The number of nitrogens with two attached hydrogens (primary N) is 2. The van der Waals surface area contributed by atoms with Crippen LogP contribution in [0.1, 0.15) is 18.1 Å². The van der Waals surface area contributed by atoms with E-state index in [1.807, 2.05) is 18.2 Å². The van der Waals surface area contributed by atoms with Gasteiger partial charge in [0.15, 0.2) is 0 Å². The van der Waals surface area contributed by atoms with Crippen molar-refractivity contribution in [2.75, 3.05) is 11.5 Å². The van der Waals surface area contributed by atoms with Crippen molar-refractivity contribution in [1.29, 1.82) is 0 Å². The van der Waals surface area contributed by atoms with Gasteiger partial charge >= 0.3 is 0 Å². The standard InChI is InChI=1S/C27H26N2O/c1-2-19-3-5-20(6-4-19)21-7-9-22(10-8-21)23-11-14-26(15-12-23)30-18-24-17-25(28)13-16-27(24)29/h3-17H,2,18,28-29H2,1H3. The van der Waals surface area contributed by atoms with E-state index in [4.69, 9.17) is 16.2 Å². The first-order valence-electron chi connectivity index (χ1n) is 10.2. The van der Waals surface area contributed by atoms with Crippen molar-refractivity contribution in [2.45, 2.75) is 20.0 Å². The van der Waals surface area contributed by atoms with Gasteiger partial charge in [0.05, 0.1) is 0 Å². The molecular formula is C27H26N2O. The first kappa shape index (κ1) is 19.6. The molecule has 0 radical (unpaired) electrons. The van der Waals surface area contributed by atoms with E-state index in [1.54, 1.807) is 12.1 Å². The first-order valence-corrected chi connectivity index (χ1v) is 10.2. The zero-order valence-electron chi connectivity index (χ0n) is 17.1. The molecule has 0 aliphatic carbocycles. The molecule has 3 heteroatoms. The lowest BCUT2D eigenvalue weighted by Crippen LogP contribution is -2.01. The molecule has 0 saturated heterocycles. The molecule has 4 N–H and O–H groups in total. The van der Waals surface area contributed by atoms with Gasteiger partial charge in [0.25, 0.3) is 0 Å². The summed E-state index contributed by atoms with van der Waals surface area (Å²) >= 11 is 0. The minimum Gasteiger partial charge on any atom is -0.489 e. The number of hydrogen-bond donors (Lipinski definition) is 2. The number of rotatable bonds is 6. The molecule has 4 aromatic carbocycles. The van der Waals surface area contributed by atoms with Crippen molar-refractivity contribution in [3.63, 3.8) is 0 Å². The zero-order valence-corrected chi connectivity index (χ0v) is 17.1. The second-order valence-electron chi connectivity index (χ2n) is 7.40. The normalized spacial score (nSPS) is 10.7. The second kappa shape index (κ2) is 8.75. The van der Waals surface area contributed by atoms with Gasteiger partial charge in [0, 0.05) is 16.9 Å². The molecule has 0 unspecified atom stereocenters. The van der Waals surface area contributed by atoms with E-state index in [0.717, 1.165) is 23.3 Å². The highest BCUT2D eigenvalue weighted by atomic mass is 16.5. The molecule has 30 heavy (non-hydrogen) atoms. The lowest BCUT2D eigenvalue weighted by atomic mass is 9.99. The van der Waals surface area contributed by atoms with E-state index in [2.05, 4.69) is 67.6 Å². The Balaban J connectivity index is 1.43. The highest BCUT2D eigenvalue weighted by molar-refractivity contribution is 5.70. The Bertz CT molecular complexity index is 1120. The maximum Gasteiger partial charge on any atom is 0.119 e. The minimum absolute atomic E-state index is 0.391. The Kier molecular flexibility index (Phi) is 5.71. The third-order valence-corrected chi connectivity index (χ3v) is 5.33. The van der Waals surface area contributed by atoms with E-state index in [0.29, 0.717) is 18.0 Å². The molecule has 150 valence electrons. The fraction of sp³-hybridized carbons (Fsp3) is 0.111. The summed E-state index contributed by atoms with van der Waals surface area (Å²) < 4.78 is 5.88. The summed E-state index contributed by atoms with van der Waals surface area (Å²) in [4.78, 5) is 0. The SMILES string of the molecule is CCc1ccc(-c2ccc(-c3ccc(OCc4cc(N)ccc4N)cc3)cc2)cc1. The third kappa shape index (κ3) is 4.47. The Hall–Kier alpha value is -3.72. The number of hydrogen-bond acceptors (Lipinski definition) is 3. The molecule has 0 spiro atoms. The van der Waals surface area contributed by atoms with Crippen molar-refractivity contribution in [3.05, 3.63) is 102 Å². The van der Waals surface area contributed by atoms with Crippen LogP contribution in [-0.4, -0.2) is 0 Å². The Morgan fingerprint density at radius 3 is 1.67 bits per heavy atom. The summed E-state index contributed by atoms with van der Waals surface area (Å²) in [5.74, 6) is 0.799. The summed E-state index contributed by atoms with van der Waals surface area (Å²) in [6.45, 7) is 2.56. The van der Waals surface area contributed by atoms with Crippen LogP contribution >= 0.6 is 0 Å². The quantitative estimate of drug-likeness (QED) is 0.376. The molecule has 0 fully saturated rings. The van der Waals surface area contributed by atoms with Gasteiger partial charge in [-0.05, 0) is 64.6 Å². The van der Waals surface area contributed by atoms with Crippen LogP contribution in [0.2, 0.25) is 0 Å². The average molecular weight is 395 g/mol. The molecule has 0 heterocycles. The van der Waals surface area contributed by atoms with Crippen molar-refractivity contribution in [1.82, 2.24) is 0 Å². The Morgan fingerprint density at radius 2 is 1.13 bits per heavy atom. The van der Waals surface area contributed by atoms with Crippen LogP contribution in [0.4, 0.5) is 11.4 Å². The second-order valence-corrected chi connectivity index (χ2v) is 7.40. The molecule has 0 atom stereocenters. The number of aryl methyl sites for hydroxylation is 1. The third-order valence-electron chi connectivity index (χ3n) is 5.33. The molecule has 0 saturated carbocycles. The van der Waals surface area contributed by atoms with Gasteiger partial charge in [-0.3, -0.25) is 0 Å². The topological polar surface area (TPSA) is 61.3 Å². The molecule has 3 nitrogen and oxygen atoms in total. The van der Waals surface area contributed by atoms with Crippen LogP contribution in [0, 0.1) is 0 Å². The predicted molar refractivity (Wildman–Crippen MR) is 126 cm³/mol. The van der Waals surface area contributed by atoms with Gasteiger partial charge in [0.1, 0.15) is 12.4 Å². The van der Waals surface area contributed by atoms with Crippen LogP contribution in [0.5, 0.6) is 5.75 Å². The lowest BCUT2D eigenvalue weighted by molar-refractivity contribution is 0.307. The van der Waals surface area contributed by atoms with Gasteiger partial charge in [-0.2, -0.15) is 0 Å².